The monoisotopic (exact) mass is 461 g/mol. The zero-order valence-corrected chi connectivity index (χ0v) is 18.0. The van der Waals surface area contributed by atoms with E-state index in [-0.39, 0.29) is 58.0 Å². The van der Waals surface area contributed by atoms with Crippen molar-refractivity contribution in [3.05, 3.63) is 15.1 Å². The maximum absolute atomic E-state index is 12.7. The molecule has 15 heteroatoms. The number of H-pyrrole nitrogens is 1. The molecule has 2 aromatic heterocycles. The number of halogens is 1. The fourth-order valence-corrected chi connectivity index (χ4v) is 4.72. The van der Waals surface area contributed by atoms with Crippen LogP contribution in [0.4, 0.5) is 5.95 Å². The number of nitrogen functional groups attached to an aromatic ring is 1. The van der Waals surface area contributed by atoms with Gasteiger partial charge >= 0.3 is 36.3 Å². The Morgan fingerprint density at radius 2 is 2.24 bits per heavy atom. The van der Waals surface area contributed by atoms with Crippen LogP contribution >= 0.6 is 22.6 Å². The van der Waals surface area contributed by atoms with Crippen LogP contribution in [0.2, 0.25) is 0 Å². The van der Waals surface area contributed by atoms with Crippen LogP contribution in [0.1, 0.15) is 6.23 Å². The zero-order chi connectivity index (χ0) is 17.2. The maximum Gasteiger partial charge on any atom is 1.00 e. The van der Waals surface area contributed by atoms with Crippen molar-refractivity contribution in [2.45, 2.75) is 24.5 Å². The van der Waals surface area contributed by atoms with E-state index in [4.69, 9.17) is 31.3 Å². The molecule has 2 saturated heterocycles. The molecule has 0 aliphatic carbocycles. The van der Waals surface area contributed by atoms with E-state index in [2.05, 4.69) is 30.9 Å². The van der Waals surface area contributed by atoms with Gasteiger partial charge < -0.3 is 29.5 Å². The average Bonchev–Trinajstić information content (AvgIpc) is 2.96. The first-order valence-corrected chi connectivity index (χ1v) is 10.1. The first-order valence-electron chi connectivity index (χ1n) is 6.67. The molecular formula is C10H10BrN5NaO6PS. The fraction of sp³-hybridized carbons (Fsp3) is 0.500. The first-order chi connectivity index (χ1) is 11.3. The van der Waals surface area contributed by atoms with E-state index in [0.29, 0.717) is 0 Å². The Labute approximate surface area is 175 Å². The SMILES string of the molecule is Nc1nc2c(nc(Br)n2[C@@H]2O[C@@H]3COP(O)(=S)O[C@H]3[C@H]2[O-])c(=O)[nH]1.[Na+]. The zero-order valence-electron chi connectivity index (χ0n) is 12.7. The number of fused-ring (bicyclic) bond motifs is 2. The summed E-state index contributed by atoms with van der Waals surface area (Å²) in [5.74, 6) is -0.121. The van der Waals surface area contributed by atoms with Gasteiger partial charge in [-0.3, -0.25) is 14.3 Å². The van der Waals surface area contributed by atoms with E-state index in [1.165, 1.54) is 4.57 Å². The van der Waals surface area contributed by atoms with E-state index in [0.717, 1.165) is 0 Å². The van der Waals surface area contributed by atoms with Crippen LogP contribution in [0, 0.1) is 0 Å². The van der Waals surface area contributed by atoms with Crippen LogP contribution in [0.15, 0.2) is 9.53 Å². The average molecular weight is 462 g/mol. The molecule has 1 unspecified atom stereocenters. The van der Waals surface area contributed by atoms with Gasteiger partial charge in [-0.2, -0.15) is 4.98 Å². The minimum Gasteiger partial charge on any atom is -0.847 e. The van der Waals surface area contributed by atoms with Gasteiger partial charge in [0.15, 0.2) is 15.9 Å². The van der Waals surface area contributed by atoms with Gasteiger partial charge in [0, 0.05) is 0 Å². The smallest absolute Gasteiger partial charge is 0.847 e. The number of imidazole rings is 1. The van der Waals surface area contributed by atoms with E-state index < -0.39 is 36.8 Å². The predicted molar refractivity (Wildman–Crippen MR) is 85.3 cm³/mol. The topological polar surface area (TPSA) is 161 Å². The van der Waals surface area contributed by atoms with Crippen LogP contribution in [-0.4, -0.2) is 49.3 Å². The molecule has 2 aromatic rings. The third-order valence-electron chi connectivity index (χ3n) is 3.72. The molecule has 2 aliphatic heterocycles. The molecule has 25 heavy (non-hydrogen) atoms. The molecule has 0 amide bonds. The number of hydrogen-bond acceptors (Lipinski definition) is 9. The molecule has 5 atom stereocenters. The number of aromatic amines is 1. The Bertz CT molecular complexity index is 940. The summed E-state index contributed by atoms with van der Waals surface area (Å²) in [5.41, 5.74) is 5.12. The summed E-state index contributed by atoms with van der Waals surface area (Å²) in [6.45, 7) is -3.51. The Morgan fingerprint density at radius 1 is 1.52 bits per heavy atom. The van der Waals surface area contributed by atoms with Crippen molar-refractivity contribution in [1.82, 2.24) is 19.5 Å². The van der Waals surface area contributed by atoms with Crippen molar-refractivity contribution in [2.24, 2.45) is 0 Å². The van der Waals surface area contributed by atoms with E-state index in [9.17, 15) is 14.8 Å². The molecule has 2 aliphatic rings. The molecule has 4 heterocycles. The van der Waals surface area contributed by atoms with Crippen molar-refractivity contribution in [3.63, 3.8) is 0 Å². The second-order valence-corrected chi connectivity index (χ2v) is 8.74. The molecule has 0 aromatic carbocycles. The molecule has 0 spiro atoms. The molecule has 130 valence electrons. The molecule has 2 fully saturated rings. The van der Waals surface area contributed by atoms with Gasteiger partial charge in [-0.25, -0.2) is 4.98 Å². The summed E-state index contributed by atoms with van der Waals surface area (Å²) in [6.07, 6.45) is -4.22. The molecular weight excluding hydrogens is 452 g/mol. The predicted octanol–water partition coefficient (Wildman–Crippen LogP) is -4.27. The number of nitrogens with two attached hydrogens (primary N) is 1. The van der Waals surface area contributed by atoms with Crippen molar-refractivity contribution >= 4 is 51.6 Å². The van der Waals surface area contributed by atoms with Crippen LogP contribution in [0.3, 0.4) is 0 Å². The number of anilines is 1. The summed E-state index contributed by atoms with van der Waals surface area (Å²) >= 11 is 7.96. The molecule has 0 radical (unpaired) electrons. The van der Waals surface area contributed by atoms with Gasteiger partial charge in [0.25, 0.3) is 5.56 Å². The number of aromatic nitrogens is 4. The van der Waals surface area contributed by atoms with Crippen LogP contribution in [0.25, 0.3) is 11.2 Å². The first kappa shape index (κ1) is 19.8. The Hall–Kier alpha value is 0.0800. The van der Waals surface area contributed by atoms with Crippen molar-refractivity contribution < 1.29 is 53.3 Å². The number of ether oxygens (including phenoxy) is 1. The Kier molecular flexibility index (Phi) is 5.48. The van der Waals surface area contributed by atoms with E-state index >= 15 is 0 Å². The largest absolute Gasteiger partial charge is 1.00 e. The third-order valence-corrected chi connectivity index (χ3v) is 5.84. The third kappa shape index (κ3) is 3.36. The van der Waals surface area contributed by atoms with Crippen molar-refractivity contribution in [3.8, 4) is 0 Å². The number of nitrogens with one attached hydrogen (secondary N) is 1. The van der Waals surface area contributed by atoms with Gasteiger partial charge in [0.2, 0.25) is 5.95 Å². The van der Waals surface area contributed by atoms with Crippen LogP contribution in [0.5, 0.6) is 0 Å². The van der Waals surface area contributed by atoms with Crippen LogP contribution in [-0.2, 0) is 25.6 Å². The standard InChI is InChI=1S/C10H10BrN5O6PS.Na/c11-9-13-3-6(14-10(12)15-7(3)18)16(9)8-4(17)5-2(21-8)1-20-23(19,24)22-5;/h2,4-5,8H,1H2,(H,19,24)(H3,12,14,15,18);/q-1;+1/t2-,4-,5-,8-,23?;/m1./s1. The molecule has 4 N–H and O–H groups in total. The quantitative estimate of drug-likeness (QED) is 0.215. The number of rotatable bonds is 1. The fourth-order valence-electron chi connectivity index (χ4n) is 2.73. The number of hydrogen-bond donors (Lipinski definition) is 3. The Morgan fingerprint density at radius 3 is 2.96 bits per heavy atom. The van der Waals surface area contributed by atoms with Crippen molar-refractivity contribution in [1.29, 1.82) is 0 Å². The summed E-state index contributed by atoms with van der Waals surface area (Å²) in [5, 5.41) is 12.7. The summed E-state index contributed by atoms with van der Waals surface area (Å²) in [4.78, 5) is 32.0. The molecule has 0 saturated carbocycles. The van der Waals surface area contributed by atoms with Gasteiger partial charge in [0.1, 0.15) is 12.3 Å². The number of nitrogens with zero attached hydrogens (tertiary/aromatic N) is 3. The second kappa shape index (κ2) is 6.91. The Balaban J connectivity index is 0.00000182. The van der Waals surface area contributed by atoms with Gasteiger partial charge in [-0.05, 0) is 33.8 Å². The van der Waals surface area contributed by atoms with Gasteiger partial charge in [-0.15, -0.1) is 0 Å². The molecule has 4 rings (SSSR count). The van der Waals surface area contributed by atoms with Crippen LogP contribution < -0.4 is 46.0 Å². The summed E-state index contributed by atoms with van der Waals surface area (Å²) in [7, 11) is 0. The maximum atomic E-state index is 12.7. The van der Waals surface area contributed by atoms with E-state index in [1.807, 2.05) is 0 Å². The minimum atomic E-state index is -3.45. The summed E-state index contributed by atoms with van der Waals surface area (Å²) in [6, 6.07) is 0. The second-order valence-electron chi connectivity index (χ2n) is 5.24. The minimum absolute atomic E-state index is 0. The van der Waals surface area contributed by atoms with Gasteiger partial charge in [0.05, 0.1) is 12.7 Å². The van der Waals surface area contributed by atoms with Crippen molar-refractivity contribution in [2.75, 3.05) is 12.3 Å². The summed E-state index contributed by atoms with van der Waals surface area (Å²) < 4.78 is 17.4. The normalized spacial score (nSPS) is 34.7. The molecule has 11 nitrogen and oxygen atoms in total. The van der Waals surface area contributed by atoms with E-state index in [1.54, 1.807) is 0 Å². The van der Waals surface area contributed by atoms with Gasteiger partial charge in [-0.1, -0.05) is 0 Å². The molecule has 0 bridgehead atoms.